The molecule has 0 saturated heterocycles. The summed E-state index contributed by atoms with van der Waals surface area (Å²) in [6.07, 6.45) is -3.96. The highest BCUT2D eigenvalue weighted by molar-refractivity contribution is 6.43. The Morgan fingerprint density at radius 2 is 1.81 bits per heavy atom. The number of halogens is 5. The Morgan fingerprint density at radius 1 is 1.06 bits per heavy atom. The van der Waals surface area contributed by atoms with E-state index in [1.54, 1.807) is 30.3 Å². The number of rotatable bonds is 7. The van der Waals surface area contributed by atoms with Crippen molar-refractivity contribution in [3.05, 3.63) is 58.6 Å². The first-order valence-corrected chi connectivity index (χ1v) is 10.1. The van der Waals surface area contributed by atoms with Gasteiger partial charge in [0, 0.05) is 17.7 Å². The van der Waals surface area contributed by atoms with Crippen LogP contribution in [0.15, 0.2) is 48.5 Å². The number of aromatic nitrogens is 2. The summed E-state index contributed by atoms with van der Waals surface area (Å²) < 4.78 is 41.8. The molecule has 1 heterocycles. The molecule has 0 aliphatic carbocycles. The lowest BCUT2D eigenvalue weighted by Crippen LogP contribution is -2.17. The highest BCUT2D eigenvalue weighted by atomic mass is 35.5. The van der Waals surface area contributed by atoms with Gasteiger partial charge in [-0.15, -0.1) is 13.2 Å². The van der Waals surface area contributed by atoms with Gasteiger partial charge in [-0.3, -0.25) is 0 Å². The van der Waals surface area contributed by atoms with Gasteiger partial charge in [-0.25, -0.2) is 4.98 Å². The quantitative estimate of drug-likeness (QED) is 0.379. The van der Waals surface area contributed by atoms with E-state index in [0.717, 1.165) is 6.42 Å². The molecule has 3 rings (SSSR count). The van der Waals surface area contributed by atoms with Crippen molar-refractivity contribution in [3.63, 3.8) is 0 Å². The van der Waals surface area contributed by atoms with Crippen molar-refractivity contribution >= 4 is 40.7 Å². The van der Waals surface area contributed by atoms with Gasteiger partial charge < -0.3 is 15.4 Å². The third kappa shape index (κ3) is 6.38. The van der Waals surface area contributed by atoms with Crippen LogP contribution in [0.4, 0.5) is 30.6 Å². The summed E-state index contributed by atoms with van der Waals surface area (Å²) in [5.74, 6) is 0.365. The SMILES string of the molecule is CC[C@H](C)Nc1nc(Nc2cccc(Cl)c2Cl)cc(-c2cccc(OC(F)(F)F)c2)n1. The maximum atomic E-state index is 12.6. The molecular formula is C21H19Cl2F3N4O. The van der Waals surface area contributed by atoms with Gasteiger partial charge in [-0.05, 0) is 37.6 Å². The first-order valence-electron chi connectivity index (χ1n) is 9.37. The lowest BCUT2D eigenvalue weighted by molar-refractivity contribution is -0.274. The maximum Gasteiger partial charge on any atom is 0.573 e. The van der Waals surface area contributed by atoms with Crippen LogP contribution in [0.3, 0.4) is 0 Å². The zero-order valence-corrected chi connectivity index (χ0v) is 18.1. The zero-order valence-electron chi connectivity index (χ0n) is 16.6. The van der Waals surface area contributed by atoms with Crippen LogP contribution in [0.5, 0.6) is 5.75 Å². The number of ether oxygens (including phenoxy) is 1. The number of nitrogens with zero attached hydrogens (tertiary/aromatic N) is 2. The van der Waals surface area contributed by atoms with E-state index in [-0.39, 0.29) is 11.8 Å². The first-order chi connectivity index (χ1) is 14.6. The average molecular weight is 471 g/mol. The van der Waals surface area contributed by atoms with Gasteiger partial charge in [0.15, 0.2) is 0 Å². The molecule has 5 nitrogen and oxygen atoms in total. The maximum absolute atomic E-state index is 12.6. The summed E-state index contributed by atoms with van der Waals surface area (Å²) in [6.45, 7) is 3.97. The molecule has 0 amide bonds. The van der Waals surface area contributed by atoms with Crippen LogP contribution < -0.4 is 15.4 Å². The van der Waals surface area contributed by atoms with E-state index in [1.165, 1.54) is 18.2 Å². The van der Waals surface area contributed by atoms with Gasteiger partial charge in [0.2, 0.25) is 5.95 Å². The monoisotopic (exact) mass is 470 g/mol. The number of benzene rings is 2. The largest absolute Gasteiger partial charge is 0.573 e. The van der Waals surface area contributed by atoms with E-state index in [4.69, 9.17) is 23.2 Å². The van der Waals surface area contributed by atoms with Crippen LogP contribution in [0, 0.1) is 0 Å². The van der Waals surface area contributed by atoms with Crippen LogP contribution in [-0.2, 0) is 0 Å². The molecule has 0 unspecified atom stereocenters. The normalized spacial score (nSPS) is 12.4. The second-order valence-electron chi connectivity index (χ2n) is 6.72. The van der Waals surface area contributed by atoms with Crippen molar-refractivity contribution in [3.8, 4) is 17.0 Å². The number of hydrogen-bond acceptors (Lipinski definition) is 5. The van der Waals surface area contributed by atoms with Gasteiger partial charge in [0.1, 0.15) is 11.6 Å². The van der Waals surface area contributed by atoms with Crippen molar-refractivity contribution in [2.45, 2.75) is 32.7 Å². The average Bonchev–Trinajstić information content (AvgIpc) is 2.70. The Hall–Kier alpha value is -2.71. The van der Waals surface area contributed by atoms with Crippen LogP contribution in [0.25, 0.3) is 11.3 Å². The van der Waals surface area contributed by atoms with E-state index in [0.29, 0.717) is 38.8 Å². The molecule has 10 heteroatoms. The Kier molecular flexibility index (Phi) is 7.12. The Morgan fingerprint density at radius 3 is 2.52 bits per heavy atom. The molecule has 0 fully saturated rings. The summed E-state index contributed by atoms with van der Waals surface area (Å²) in [7, 11) is 0. The van der Waals surface area contributed by atoms with Crippen molar-refractivity contribution in [1.82, 2.24) is 9.97 Å². The van der Waals surface area contributed by atoms with Gasteiger partial charge in [-0.1, -0.05) is 48.3 Å². The van der Waals surface area contributed by atoms with Crippen molar-refractivity contribution in [2.24, 2.45) is 0 Å². The molecule has 0 spiro atoms. The molecule has 2 N–H and O–H groups in total. The number of anilines is 3. The predicted molar refractivity (Wildman–Crippen MR) is 117 cm³/mol. The Labute approximate surface area is 187 Å². The number of nitrogens with one attached hydrogen (secondary N) is 2. The minimum atomic E-state index is -4.79. The van der Waals surface area contributed by atoms with Crippen molar-refractivity contribution in [1.29, 1.82) is 0 Å². The van der Waals surface area contributed by atoms with Crippen molar-refractivity contribution in [2.75, 3.05) is 10.6 Å². The minimum Gasteiger partial charge on any atom is -0.406 e. The third-order valence-corrected chi connectivity index (χ3v) is 5.11. The van der Waals surface area contributed by atoms with E-state index in [2.05, 4.69) is 25.3 Å². The molecule has 0 aliphatic heterocycles. The molecule has 0 aliphatic rings. The second-order valence-corrected chi connectivity index (χ2v) is 7.50. The van der Waals surface area contributed by atoms with Crippen LogP contribution in [-0.4, -0.2) is 22.4 Å². The van der Waals surface area contributed by atoms with Crippen LogP contribution >= 0.6 is 23.2 Å². The van der Waals surface area contributed by atoms with Crippen LogP contribution in [0.2, 0.25) is 10.0 Å². The summed E-state index contributed by atoms with van der Waals surface area (Å²) in [6, 6.07) is 12.4. The molecule has 164 valence electrons. The fraction of sp³-hybridized carbons (Fsp3) is 0.238. The van der Waals surface area contributed by atoms with Crippen molar-refractivity contribution < 1.29 is 17.9 Å². The molecule has 3 aromatic rings. The van der Waals surface area contributed by atoms with E-state index < -0.39 is 6.36 Å². The molecule has 31 heavy (non-hydrogen) atoms. The van der Waals surface area contributed by atoms with Gasteiger partial charge in [0.25, 0.3) is 0 Å². The Balaban J connectivity index is 2.01. The molecule has 1 aromatic heterocycles. The molecule has 1 atom stereocenters. The fourth-order valence-electron chi connectivity index (χ4n) is 2.64. The highest BCUT2D eigenvalue weighted by Crippen LogP contribution is 2.33. The minimum absolute atomic E-state index is 0.0813. The third-order valence-electron chi connectivity index (χ3n) is 4.29. The standard InChI is InChI=1S/C21H19Cl2F3N4O/c1-3-12(2)27-20-29-17(13-6-4-7-14(10-13)31-21(24,25)26)11-18(30-20)28-16-9-5-8-15(22)19(16)23/h4-12H,3H2,1-2H3,(H2,27,28,29,30)/t12-/m0/s1. The van der Waals surface area contributed by atoms with Gasteiger partial charge in [0.05, 0.1) is 21.4 Å². The summed E-state index contributed by atoms with van der Waals surface area (Å²) in [5.41, 5.74) is 1.35. The molecule has 0 bridgehead atoms. The molecule has 0 radical (unpaired) electrons. The van der Waals surface area contributed by atoms with Gasteiger partial charge >= 0.3 is 6.36 Å². The second kappa shape index (κ2) is 9.62. The molecular weight excluding hydrogens is 452 g/mol. The number of alkyl halides is 3. The molecule has 0 saturated carbocycles. The summed E-state index contributed by atoms with van der Waals surface area (Å²) in [5, 5.41) is 6.96. The predicted octanol–water partition coefficient (Wildman–Crippen LogP) is 7.30. The summed E-state index contributed by atoms with van der Waals surface area (Å²) in [4.78, 5) is 8.90. The fourth-order valence-corrected chi connectivity index (χ4v) is 2.98. The first kappa shape index (κ1) is 23.0. The lowest BCUT2D eigenvalue weighted by atomic mass is 10.1. The highest BCUT2D eigenvalue weighted by Gasteiger charge is 2.31. The molecule has 2 aromatic carbocycles. The number of hydrogen-bond donors (Lipinski definition) is 2. The topological polar surface area (TPSA) is 59.1 Å². The van der Waals surface area contributed by atoms with Gasteiger partial charge in [-0.2, -0.15) is 4.98 Å². The van der Waals surface area contributed by atoms with E-state index in [9.17, 15) is 13.2 Å². The zero-order chi connectivity index (χ0) is 22.6. The summed E-state index contributed by atoms with van der Waals surface area (Å²) >= 11 is 12.3. The van der Waals surface area contributed by atoms with Crippen LogP contribution in [0.1, 0.15) is 20.3 Å². The smallest absolute Gasteiger partial charge is 0.406 e. The van der Waals surface area contributed by atoms with E-state index in [1.807, 2.05) is 13.8 Å². The lowest BCUT2D eigenvalue weighted by Gasteiger charge is -2.16. The Bertz CT molecular complexity index is 1060. The van der Waals surface area contributed by atoms with E-state index >= 15 is 0 Å².